The zero-order chi connectivity index (χ0) is 28.8. The van der Waals surface area contributed by atoms with E-state index in [4.69, 9.17) is 4.74 Å². The monoisotopic (exact) mass is 606 g/mol. The van der Waals surface area contributed by atoms with Crippen LogP contribution in [0.3, 0.4) is 0 Å². The van der Waals surface area contributed by atoms with Gasteiger partial charge < -0.3 is 15.4 Å². The lowest BCUT2D eigenvalue weighted by Gasteiger charge is -2.40. The molecule has 5 rings (SSSR count). The first kappa shape index (κ1) is 29.0. The van der Waals surface area contributed by atoms with Gasteiger partial charge in [0.15, 0.2) is 5.13 Å². The van der Waals surface area contributed by atoms with Crippen LogP contribution in [-0.2, 0) is 20.7 Å². The molecule has 1 aliphatic heterocycles. The Balaban J connectivity index is 1.24. The number of para-hydroxylation sites is 1. The van der Waals surface area contributed by atoms with E-state index in [0.717, 1.165) is 15.5 Å². The maximum atomic E-state index is 13.6. The van der Waals surface area contributed by atoms with Gasteiger partial charge in [-0.15, -0.1) is 34.9 Å². The van der Waals surface area contributed by atoms with Crippen molar-refractivity contribution in [2.24, 2.45) is 0 Å². The van der Waals surface area contributed by atoms with Gasteiger partial charge in [-0.2, -0.15) is 0 Å². The van der Waals surface area contributed by atoms with Crippen molar-refractivity contribution in [3.05, 3.63) is 83.9 Å². The fourth-order valence-electron chi connectivity index (χ4n) is 4.53. The minimum absolute atomic E-state index is 0.0704. The molecule has 1 aliphatic carbocycles. The molecular formula is C30H30N4O4S3. The highest BCUT2D eigenvalue weighted by molar-refractivity contribution is 8.00. The van der Waals surface area contributed by atoms with Crippen LogP contribution in [0.4, 0.5) is 21.3 Å². The molecular weight excluding hydrogens is 577 g/mol. The second-order valence-corrected chi connectivity index (χ2v) is 12.6. The van der Waals surface area contributed by atoms with Gasteiger partial charge in [0.1, 0.15) is 0 Å². The number of benzene rings is 2. The van der Waals surface area contributed by atoms with Crippen LogP contribution < -0.4 is 15.5 Å². The maximum absolute atomic E-state index is 13.6. The summed E-state index contributed by atoms with van der Waals surface area (Å²) in [4.78, 5) is 46.5. The molecule has 212 valence electrons. The SMILES string of the molecule is CCOC(=O)Cc1csc(NC(=O)C(CC)Sc2cccc(NC(=O)N3c4ccccc4SC4C=CC=CC43)c2)n1. The highest BCUT2D eigenvalue weighted by Gasteiger charge is 2.36. The van der Waals surface area contributed by atoms with Crippen LogP contribution in [-0.4, -0.2) is 46.0 Å². The molecule has 8 nitrogen and oxygen atoms in total. The van der Waals surface area contributed by atoms with E-state index in [1.807, 2.05) is 72.5 Å². The summed E-state index contributed by atoms with van der Waals surface area (Å²) in [6.07, 6.45) is 8.87. The first-order valence-electron chi connectivity index (χ1n) is 13.3. The van der Waals surface area contributed by atoms with Crippen LogP contribution in [0.1, 0.15) is 26.0 Å². The van der Waals surface area contributed by atoms with Crippen molar-refractivity contribution in [1.82, 2.24) is 4.98 Å². The van der Waals surface area contributed by atoms with Gasteiger partial charge in [0.05, 0.1) is 41.0 Å². The van der Waals surface area contributed by atoms with Crippen LogP contribution in [0.2, 0.25) is 0 Å². The van der Waals surface area contributed by atoms with E-state index in [9.17, 15) is 14.4 Å². The smallest absolute Gasteiger partial charge is 0.326 e. The van der Waals surface area contributed by atoms with Crippen LogP contribution in [0.5, 0.6) is 0 Å². The Morgan fingerprint density at radius 1 is 1.07 bits per heavy atom. The number of aromatic nitrogens is 1. The third-order valence-corrected chi connectivity index (χ3v) is 9.87. The molecule has 2 N–H and O–H groups in total. The molecule has 41 heavy (non-hydrogen) atoms. The molecule has 3 aromatic rings. The number of nitrogens with one attached hydrogen (secondary N) is 2. The van der Waals surface area contributed by atoms with E-state index >= 15 is 0 Å². The first-order chi connectivity index (χ1) is 19.9. The number of carbonyl (C=O) groups is 3. The number of thioether (sulfide) groups is 2. The number of esters is 1. The molecule has 0 saturated heterocycles. The molecule has 0 bridgehead atoms. The quantitative estimate of drug-likeness (QED) is 0.205. The number of anilines is 3. The van der Waals surface area contributed by atoms with E-state index in [1.165, 1.54) is 23.1 Å². The van der Waals surface area contributed by atoms with Crippen LogP contribution >= 0.6 is 34.9 Å². The number of allylic oxidation sites excluding steroid dienone is 2. The summed E-state index contributed by atoms with van der Waals surface area (Å²) in [5, 5.41) is 7.90. The van der Waals surface area contributed by atoms with Gasteiger partial charge in [-0.25, -0.2) is 9.78 Å². The van der Waals surface area contributed by atoms with Gasteiger partial charge in [-0.3, -0.25) is 14.5 Å². The second-order valence-electron chi connectivity index (χ2n) is 9.27. The number of hydrogen-bond donors (Lipinski definition) is 2. The van der Waals surface area contributed by atoms with Crippen LogP contribution in [0.25, 0.3) is 0 Å². The van der Waals surface area contributed by atoms with Crippen LogP contribution in [0.15, 0.2) is 88.0 Å². The number of rotatable bonds is 9. The normalized spacial score (nSPS) is 17.8. The van der Waals surface area contributed by atoms with E-state index in [2.05, 4.69) is 27.8 Å². The van der Waals surface area contributed by atoms with Gasteiger partial charge >= 0.3 is 12.0 Å². The maximum Gasteiger partial charge on any atom is 0.326 e. The third kappa shape index (κ3) is 7.03. The largest absolute Gasteiger partial charge is 0.466 e. The Morgan fingerprint density at radius 2 is 1.90 bits per heavy atom. The average Bonchev–Trinajstić information content (AvgIpc) is 3.40. The minimum atomic E-state index is -0.371. The number of carbonyl (C=O) groups excluding carboxylic acids is 3. The fourth-order valence-corrected chi connectivity index (χ4v) is 7.52. The summed E-state index contributed by atoms with van der Waals surface area (Å²) in [6, 6.07) is 15.2. The van der Waals surface area contributed by atoms with Crippen molar-refractivity contribution in [1.29, 1.82) is 0 Å². The Labute approximate surface area is 251 Å². The minimum Gasteiger partial charge on any atom is -0.466 e. The van der Waals surface area contributed by atoms with Gasteiger partial charge in [0, 0.05) is 20.9 Å². The highest BCUT2D eigenvalue weighted by Crippen LogP contribution is 2.43. The molecule has 0 spiro atoms. The fraction of sp³-hybridized carbons (Fsp3) is 0.267. The average molecular weight is 607 g/mol. The van der Waals surface area contributed by atoms with Gasteiger partial charge in [-0.05, 0) is 43.7 Å². The first-order valence-corrected chi connectivity index (χ1v) is 16.0. The lowest BCUT2D eigenvalue weighted by molar-refractivity contribution is -0.142. The van der Waals surface area contributed by atoms with Gasteiger partial charge in [0.2, 0.25) is 5.91 Å². The van der Waals surface area contributed by atoms with Crippen molar-refractivity contribution in [2.45, 2.75) is 53.0 Å². The van der Waals surface area contributed by atoms with Gasteiger partial charge in [-0.1, -0.05) is 49.4 Å². The molecule has 0 fully saturated rings. The van der Waals surface area contributed by atoms with E-state index in [0.29, 0.717) is 29.5 Å². The Kier molecular flexibility index (Phi) is 9.48. The molecule has 3 unspecified atom stereocenters. The van der Waals surface area contributed by atoms with Crippen molar-refractivity contribution >= 4 is 69.3 Å². The summed E-state index contributed by atoms with van der Waals surface area (Å²) < 4.78 is 4.96. The number of thiazole rings is 1. The van der Waals surface area contributed by atoms with Crippen molar-refractivity contribution in [2.75, 3.05) is 22.1 Å². The lowest BCUT2D eigenvalue weighted by Crippen LogP contribution is -2.49. The topological polar surface area (TPSA) is 101 Å². The molecule has 3 atom stereocenters. The van der Waals surface area contributed by atoms with E-state index < -0.39 is 0 Å². The summed E-state index contributed by atoms with van der Waals surface area (Å²) in [5.41, 5.74) is 2.10. The molecule has 2 aliphatic rings. The summed E-state index contributed by atoms with van der Waals surface area (Å²) >= 11 is 4.46. The molecule has 2 heterocycles. The predicted octanol–water partition coefficient (Wildman–Crippen LogP) is 6.77. The number of hydrogen-bond acceptors (Lipinski definition) is 8. The molecule has 0 radical (unpaired) electrons. The standard InChI is InChI=1S/C30H30N4O4S3/c1-3-24(28(36)33-29-31-20(18-39-29)17-27(35)38-4-2)40-21-11-9-10-19(16-21)32-30(37)34-22-12-5-7-14-25(22)41-26-15-8-6-13-23(26)34/h5-16,18,22,24-25H,3-4,17H2,1-2H3,(H,32,37)(H,31,33,36). The van der Waals surface area contributed by atoms with Crippen LogP contribution in [0, 0.1) is 0 Å². The summed E-state index contributed by atoms with van der Waals surface area (Å²) in [5.74, 6) is -0.519. The number of urea groups is 1. The zero-order valence-electron chi connectivity index (χ0n) is 22.6. The second kappa shape index (κ2) is 13.4. The summed E-state index contributed by atoms with van der Waals surface area (Å²) in [6.45, 7) is 4.02. The molecule has 2 aromatic carbocycles. The van der Waals surface area contributed by atoms with Crippen molar-refractivity contribution in [3.63, 3.8) is 0 Å². The highest BCUT2D eigenvalue weighted by atomic mass is 32.2. The Morgan fingerprint density at radius 3 is 2.73 bits per heavy atom. The lowest BCUT2D eigenvalue weighted by atomic mass is 10.1. The number of nitrogens with zero attached hydrogens (tertiary/aromatic N) is 2. The third-order valence-electron chi connectivity index (χ3n) is 6.40. The molecule has 0 saturated carbocycles. The number of amides is 3. The summed E-state index contributed by atoms with van der Waals surface area (Å²) in [7, 11) is 0. The zero-order valence-corrected chi connectivity index (χ0v) is 25.1. The van der Waals surface area contributed by atoms with E-state index in [1.54, 1.807) is 24.1 Å². The molecule has 3 amide bonds. The Bertz CT molecular complexity index is 1490. The number of ether oxygens (including phenoxy) is 1. The van der Waals surface area contributed by atoms with Crippen molar-refractivity contribution in [3.8, 4) is 0 Å². The molecule has 11 heteroatoms. The Hall–Kier alpha value is -3.54. The van der Waals surface area contributed by atoms with E-state index in [-0.39, 0.29) is 40.9 Å². The molecule has 1 aromatic heterocycles. The number of fused-ring (bicyclic) bond motifs is 2. The van der Waals surface area contributed by atoms with Gasteiger partial charge in [0.25, 0.3) is 0 Å². The van der Waals surface area contributed by atoms with Crippen molar-refractivity contribution < 1.29 is 19.1 Å². The predicted molar refractivity (Wildman–Crippen MR) is 167 cm³/mol.